The van der Waals surface area contributed by atoms with Gasteiger partial charge in [0.05, 0.1) is 0 Å². The highest BCUT2D eigenvalue weighted by atomic mass is 19.1. The van der Waals surface area contributed by atoms with Gasteiger partial charge in [0, 0.05) is 11.1 Å². The first-order valence-electron chi connectivity index (χ1n) is 7.38. The molecule has 1 aliphatic carbocycles. The van der Waals surface area contributed by atoms with Crippen LogP contribution in [-0.4, -0.2) is 5.78 Å². The number of ketones is 1. The van der Waals surface area contributed by atoms with Gasteiger partial charge >= 0.3 is 0 Å². The van der Waals surface area contributed by atoms with E-state index in [9.17, 15) is 9.18 Å². The second-order valence-electron chi connectivity index (χ2n) is 5.50. The first-order valence-corrected chi connectivity index (χ1v) is 7.38. The zero-order chi connectivity index (χ0) is 15.8. The summed E-state index contributed by atoms with van der Waals surface area (Å²) >= 11 is 0. The summed E-state index contributed by atoms with van der Waals surface area (Å²) in [6, 6.07) is 19.6. The Kier molecular flexibility index (Phi) is 3.19. The molecule has 0 heterocycles. The summed E-state index contributed by atoms with van der Waals surface area (Å²) in [5.41, 5.74) is 3.65. The molecule has 0 amide bonds. The number of fused-ring (bicyclic) bond motifs is 3. The Morgan fingerprint density at radius 3 is 2.26 bits per heavy atom. The number of hydrogen-bond acceptors (Lipinski definition) is 2. The summed E-state index contributed by atoms with van der Waals surface area (Å²) < 4.78 is 19.1. The molecule has 3 aromatic rings. The summed E-state index contributed by atoms with van der Waals surface area (Å²) in [4.78, 5) is 12.4. The van der Waals surface area contributed by atoms with Gasteiger partial charge in [-0.15, -0.1) is 0 Å². The minimum atomic E-state index is -0.398. The number of halogens is 1. The number of hydrogen-bond donors (Lipinski definition) is 0. The molecule has 0 saturated heterocycles. The van der Waals surface area contributed by atoms with Crippen molar-refractivity contribution in [3.05, 3.63) is 89.2 Å². The Morgan fingerprint density at radius 2 is 1.48 bits per heavy atom. The molecular formula is C20H13FO2. The zero-order valence-corrected chi connectivity index (χ0v) is 12.3. The van der Waals surface area contributed by atoms with E-state index in [1.54, 1.807) is 12.1 Å². The summed E-state index contributed by atoms with van der Waals surface area (Å²) in [6.45, 7) is 0.440. The highest BCUT2D eigenvalue weighted by Crippen LogP contribution is 2.38. The molecule has 0 bridgehead atoms. The van der Waals surface area contributed by atoms with Gasteiger partial charge in [-0.25, -0.2) is 4.39 Å². The molecule has 23 heavy (non-hydrogen) atoms. The maximum Gasteiger partial charge on any atom is 0.194 e. The van der Waals surface area contributed by atoms with E-state index in [2.05, 4.69) is 0 Å². The largest absolute Gasteiger partial charge is 0.489 e. The van der Waals surface area contributed by atoms with Crippen molar-refractivity contribution in [2.75, 3.05) is 0 Å². The molecule has 0 N–H and O–H groups in total. The van der Waals surface area contributed by atoms with E-state index in [-0.39, 0.29) is 5.78 Å². The van der Waals surface area contributed by atoms with Crippen LogP contribution in [0.25, 0.3) is 11.1 Å². The fraction of sp³-hybridized carbons (Fsp3) is 0.0500. The molecule has 3 heteroatoms. The zero-order valence-electron chi connectivity index (χ0n) is 12.3. The highest BCUT2D eigenvalue weighted by molar-refractivity contribution is 6.21. The van der Waals surface area contributed by atoms with Gasteiger partial charge in [0.25, 0.3) is 0 Å². The van der Waals surface area contributed by atoms with Crippen LogP contribution in [-0.2, 0) is 6.61 Å². The second kappa shape index (κ2) is 5.36. The van der Waals surface area contributed by atoms with Crippen LogP contribution in [0.3, 0.4) is 0 Å². The molecule has 0 aliphatic heterocycles. The smallest absolute Gasteiger partial charge is 0.194 e. The van der Waals surface area contributed by atoms with Crippen molar-refractivity contribution in [3.63, 3.8) is 0 Å². The molecular weight excluding hydrogens is 291 g/mol. The summed E-state index contributed by atoms with van der Waals surface area (Å²) in [5.74, 6) is 0.0827. The van der Waals surface area contributed by atoms with Crippen LogP contribution in [0.1, 0.15) is 21.5 Å². The van der Waals surface area contributed by atoms with E-state index in [1.165, 1.54) is 12.1 Å². The molecule has 0 fully saturated rings. The predicted octanol–water partition coefficient (Wildman–Crippen LogP) is 4.62. The van der Waals surface area contributed by atoms with E-state index in [4.69, 9.17) is 4.74 Å². The minimum Gasteiger partial charge on any atom is -0.489 e. The van der Waals surface area contributed by atoms with Crippen LogP contribution >= 0.6 is 0 Å². The van der Waals surface area contributed by atoms with Crippen molar-refractivity contribution in [3.8, 4) is 16.9 Å². The van der Waals surface area contributed by atoms with Crippen LogP contribution in [0, 0.1) is 5.82 Å². The average Bonchev–Trinajstić information content (AvgIpc) is 2.86. The fourth-order valence-electron chi connectivity index (χ4n) is 2.86. The number of carbonyl (C=O) groups is 1. The summed E-state index contributed by atoms with van der Waals surface area (Å²) in [6.07, 6.45) is 0. The topological polar surface area (TPSA) is 26.3 Å². The lowest BCUT2D eigenvalue weighted by Crippen LogP contribution is -1.98. The van der Waals surface area contributed by atoms with Gasteiger partial charge in [-0.3, -0.25) is 4.79 Å². The molecule has 4 rings (SSSR count). The van der Waals surface area contributed by atoms with Crippen LogP contribution in [0.5, 0.6) is 5.75 Å². The molecule has 112 valence electrons. The lowest BCUT2D eigenvalue weighted by atomic mass is 10.1. The van der Waals surface area contributed by atoms with Gasteiger partial charge in [-0.2, -0.15) is 0 Å². The number of ether oxygens (including phenoxy) is 1. The van der Waals surface area contributed by atoms with E-state index in [1.807, 2.05) is 42.5 Å². The van der Waals surface area contributed by atoms with Crippen molar-refractivity contribution in [1.29, 1.82) is 0 Å². The van der Waals surface area contributed by atoms with E-state index in [0.717, 1.165) is 16.7 Å². The van der Waals surface area contributed by atoms with Gasteiger partial charge in [-0.05, 0) is 47.0 Å². The SMILES string of the molecule is O=C1c2cc(F)ccc2-c2ccc(OCc3ccccc3)cc21. The van der Waals surface area contributed by atoms with Crippen LogP contribution in [0.15, 0.2) is 66.7 Å². The first kappa shape index (κ1) is 13.7. The average molecular weight is 304 g/mol. The third kappa shape index (κ3) is 2.40. The van der Waals surface area contributed by atoms with E-state index >= 15 is 0 Å². The number of carbonyl (C=O) groups excluding carboxylic acids is 1. The molecule has 2 nitrogen and oxygen atoms in total. The monoisotopic (exact) mass is 304 g/mol. The molecule has 0 unspecified atom stereocenters. The van der Waals surface area contributed by atoms with Crippen molar-refractivity contribution >= 4 is 5.78 Å². The first-order chi connectivity index (χ1) is 11.2. The van der Waals surface area contributed by atoms with Crippen molar-refractivity contribution < 1.29 is 13.9 Å². The predicted molar refractivity (Wildman–Crippen MR) is 86.0 cm³/mol. The van der Waals surface area contributed by atoms with E-state index < -0.39 is 5.82 Å². The van der Waals surface area contributed by atoms with Gasteiger partial charge in [0.2, 0.25) is 0 Å². The van der Waals surface area contributed by atoms with Crippen LogP contribution in [0.4, 0.5) is 4.39 Å². The Balaban J connectivity index is 1.63. The van der Waals surface area contributed by atoms with Gasteiger partial charge < -0.3 is 4.74 Å². The van der Waals surface area contributed by atoms with Gasteiger partial charge in [-0.1, -0.05) is 36.4 Å². The Hall–Kier alpha value is -2.94. The van der Waals surface area contributed by atoms with Crippen molar-refractivity contribution in [2.24, 2.45) is 0 Å². The normalized spacial score (nSPS) is 12.0. The van der Waals surface area contributed by atoms with Gasteiger partial charge in [0.1, 0.15) is 18.2 Å². The highest BCUT2D eigenvalue weighted by Gasteiger charge is 2.27. The third-order valence-electron chi connectivity index (χ3n) is 4.00. The standard InChI is InChI=1S/C20H13FO2/c21-14-6-8-16-17-9-7-15(11-19(17)20(22)18(16)10-14)23-12-13-4-2-1-3-5-13/h1-11H,12H2. The maximum atomic E-state index is 13.4. The summed E-state index contributed by atoms with van der Waals surface area (Å²) in [7, 11) is 0. The Morgan fingerprint density at radius 1 is 0.783 bits per heavy atom. The van der Waals surface area contributed by atoms with Crippen LogP contribution in [0.2, 0.25) is 0 Å². The molecule has 0 aromatic heterocycles. The third-order valence-corrected chi connectivity index (χ3v) is 4.00. The second-order valence-corrected chi connectivity index (χ2v) is 5.50. The molecule has 0 atom stereocenters. The Labute approximate surface area is 133 Å². The fourth-order valence-corrected chi connectivity index (χ4v) is 2.86. The quantitative estimate of drug-likeness (QED) is 0.552. The lowest BCUT2D eigenvalue weighted by Gasteiger charge is -2.08. The molecule has 1 aliphatic rings. The lowest BCUT2D eigenvalue weighted by molar-refractivity contribution is 0.104. The number of rotatable bonds is 3. The maximum absolute atomic E-state index is 13.4. The number of benzene rings is 3. The van der Waals surface area contributed by atoms with E-state index in [0.29, 0.717) is 23.5 Å². The summed E-state index contributed by atoms with van der Waals surface area (Å²) in [5, 5.41) is 0. The van der Waals surface area contributed by atoms with Gasteiger partial charge in [0.15, 0.2) is 5.78 Å². The Bertz CT molecular complexity index is 901. The molecule has 0 saturated carbocycles. The minimum absolute atomic E-state index is 0.153. The van der Waals surface area contributed by atoms with Crippen molar-refractivity contribution in [2.45, 2.75) is 6.61 Å². The van der Waals surface area contributed by atoms with Crippen molar-refractivity contribution in [1.82, 2.24) is 0 Å². The molecule has 0 radical (unpaired) electrons. The van der Waals surface area contributed by atoms with Crippen LogP contribution < -0.4 is 4.74 Å². The molecule has 3 aromatic carbocycles. The molecule has 0 spiro atoms.